The average Bonchev–Trinajstić information content (AvgIpc) is 3.06. The Bertz CT molecular complexity index is 671. The lowest BCUT2D eigenvalue weighted by Gasteiger charge is -2.39. The smallest absolute Gasteiger partial charge is 0.306 e. The van der Waals surface area contributed by atoms with Crippen LogP contribution in [-0.2, 0) is 15.1 Å². The highest BCUT2D eigenvalue weighted by atomic mass is 19.1. The molecule has 1 aromatic carbocycles. The molecule has 0 radical (unpaired) electrons. The molecule has 2 N–H and O–H groups in total. The number of carboxylic acids is 1. The summed E-state index contributed by atoms with van der Waals surface area (Å²) in [5.74, 6) is -3.21. The summed E-state index contributed by atoms with van der Waals surface area (Å²) >= 11 is 0. The zero-order valence-corrected chi connectivity index (χ0v) is 14.1. The van der Waals surface area contributed by atoms with E-state index in [9.17, 15) is 18.4 Å². The van der Waals surface area contributed by atoms with Gasteiger partial charge in [-0.3, -0.25) is 9.59 Å². The summed E-state index contributed by atoms with van der Waals surface area (Å²) in [4.78, 5) is 23.8. The van der Waals surface area contributed by atoms with Gasteiger partial charge in [0.25, 0.3) is 0 Å². The highest BCUT2D eigenvalue weighted by molar-refractivity contribution is 5.81. The number of halogens is 2. The summed E-state index contributed by atoms with van der Waals surface area (Å²) in [6.07, 6.45) is 5.30. The van der Waals surface area contributed by atoms with Crippen molar-refractivity contribution in [2.75, 3.05) is 0 Å². The summed E-state index contributed by atoms with van der Waals surface area (Å²) in [5, 5.41) is 12.1. The number of hydrogen-bond donors (Lipinski definition) is 2. The van der Waals surface area contributed by atoms with Gasteiger partial charge in [0, 0.05) is 17.5 Å². The van der Waals surface area contributed by atoms with E-state index in [0.29, 0.717) is 37.7 Å². The van der Waals surface area contributed by atoms with Crippen molar-refractivity contribution in [3.8, 4) is 0 Å². The van der Waals surface area contributed by atoms with Crippen LogP contribution in [-0.4, -0.2) is 17.0 Å². The lowest BCUT2D eigenvalue weighted by Crippen LogP contribution is -2.49. The first kappa shape index (κ1) is 17.8. The molecule has 25 heavy (non-hydrogen) atoms. The Kier molecular flexibility index (Phi) is 5.06. The van der Waals surface area contributed by atoms with Crippen molar-refractivity contribution in [1.82, 2.24) is 5.32 Å². The van der Waals surface area contributed by atoms with Crippen LogP contribution in [0.1, 0.15) is 56.9 Å². The largest absolute Gasteiger partial charge is 0.481 e. The van der Waals surface area contributed by atoms with Gasteiger partial charge in [-0.05, 0) is 38.2 Å². The standard InChI is InChI=1S/C19H23F2NO3/c20-14-6-7-15(16(21)11-14)19(8-2-1-3-9-19)22-17(23)12-4-5-13(10-12)18(24)25/h6-7,11-13H,1-5,8-10H2,(H,22,23)(H,24,25)/t12-,13+/m0/s1. The number of amides is 1. The van der Waals surface area contributed by atoms with E-state index in [1.54, 1.807) is 0 Å². The van der Waals surface area contributed by atoms with E-state index in [1.165, 1.54) is 12.1 Å². The van der Waals surface area contributed by atoms with Crippen LogP contribution in [0.25, 0.3) is 0 Å². The lowest BCUT2D eigenvalue weighted by atomic mass is 9.76. The van der Waals surface area contributed by atoms with Crippen LogP contribution >= 0.6 is 0 Å². The minimum absolute atomic E-state index is 0.214. The van der Waals surface area contributed by atoms with Gasteiger partial charge in [0.15, 0.2) is 0 Å². The van der Waals surface area contributed by atoms with Crippen molar-refractivity contribution in [2.45, 2.75) is 56.9 Å². The number of hydrogen-bond acceptors (Lipinski definition) is 2. The Morgan fingerprint density at radius 2 is 1.76 bits per heavy atom. The monoisotopic (exact) mass is 351 g/mol. The summed E-state index contributed by atoms with van der Waals surface area (Å²) in [7, 11) is 0. The molecular weight excluding hydrogens is 328 g/mol. The Balaban J connectivity index is 1.82. The molecule has 0 saturated heterocycles. The van der Waals surface area contributed by atoms with Crippen LogP contribution in [0.15, 0.2) is 18.2 Å². The molecular formula is C19H23F2NO3. The number of carbonyl (C=O) groups is 2. The van der Waals surface area contributed by atoms with E-state index >= 15 is 0 Å². The van der Waals surface area contributed by atoms with Crippen LogP contribution < -0.4 is 5.32 Å². The first-order valence-corrected chi connectivity index (χ1v) is 8.92. The predicted octanol–water partition coefficient (Wildman–Crippen LogP) is 3.74. The normalized spacial score (nSPS) is 25.5. The molecule has 0 unspecified atom stereocenters. The third-order valence-corrected chi connectivity index (χ3v) is 5.67. The highest BCUT2D eigenvalue weighted by Crippen LogP contribution is 2.40. The molecule has 1 amide bonds. The number of carboxylic acid groups (broad SMARTS) is 1. The van der Waals surface area contributed by atoms with Crippen molar-refractivity contribution in [3.63, 3.8) is 0 Å². The first-order chi connectivity index (χ1) is 11.9. The second kappa shape index (κ2) is 7.10. The number of carbonyl (C=O) groups excluding carboxylic acids is 1. The molecule has 0 aromatic heterocycles. The van der Waals surface area contributed by atoms with E-state index in [2.05, 4.69) is 5.32 Å². The summed E-state index contributed by atoms with van der Waals surface area (Å²) in [6, 6.07) is 3.50. The quantitative estimate of drug-likeness (QED) is 0.868. The molecule has 0 heterocycles. The Hall–Kier alpha value is -1.98. The first-order valence-electron chi connectivity index (χ1n) is 8.92. The minimum atomic E-state index is -0.868. The van der Waals surface area contributed by atoms with Crippen LogP contribution in [0.3, 0.4) is 0 Å². The maximum atomic E-state index is 14.4. The Labute approximate surface area is 145 Å². The summed E-state index contributed by atoms with van der Waals surface area (Å²) in [6.45, 7) is 0. The second-order valence-corrected chi connectivity index (χ2v) is 7.30. The highest BCUT2D eigenvalue weighted by Gasteiger charge is 2.41. The third kappa shape index (κ3) is 3.67. The van der Waals surface area contributed by atoms with Gasteiger partial charge >= 0.3 is 5.97 Å². The molecule has 2 atom stereocenters. The number of rotatable bonds is 4. The maximum Gasteiger partial charge on any atom is 0.306 e. The number of aliphatic carboxylic acids is 1. The molecule has 0 spiro atoms. The lowest BCUT2D eigenvalue weighted by molar-refractivity contribution is -0.141. The van der Waals surface area contributed by atoms with E-state index in [1.807, 2.05) is 0 Å². The van der Waals surface area contributed by atoms with Crippen LogP contribution in [0.4, 0.5) is 8.78 Å². The molecule has 2 aliphatic rings. The molecule has 6 heteroatoms. The van der Waals surface area contributed by atoms with Gasteiger partial charge in [-0.2, -0.15) is 0 Å². The predicted molar refractivity (Wildman–Crippen MR) is 87.7 cm³/mol. The fourth-order valence-corrected chi connectivity index (χ4v) is 4.28. The van der Waals surface area contributed by atoms with Gasteiger partial charge < -0.3 is 10.4 Å². The summed E-state index contributed by atoms with van der Waals surface area (Å²) in [5.41, 5.74) is -0.497. The van der Waals surface area contributed by atoms with Crippen molar-refractivity contribution < 1.29 is 23.5 Å². The number of benzene rings is 1. The molecule has 0 aliphatic heterocycles. The van der Waals surface area contributed by atoms with Crippen molar-refractivity contribution in [1.29, 1.82) is 0 Å². The molecule has 3 rings (SSSR count). The molecule has 1 aromatic rings. The molecule has 2 fully saturated rings. The third-order valence-electron chi connectivity index (χ3n) is 5.67. The molecule has 2 saturated carbocycles. The van der Waals surface area contributed by atoms with E-state index in [-0.39, 0.29) is 11.8 Å². The van der Waals surface area contributed by atoms with Gasteiger partial charge in [0.2, 0.25) is 5.91 Å². The fraction of sp³-hybridized carbons (Fsp3) is 0.579. The molecule has 0 bridgehead atoms. The zero-order valence-electron chi connectivity index (χ0n) is 14.1. The SMILES string of the molecule is O=C(O)[C@@H]1CC[C@H](C(=O)NC2(c3ccc(F)cc3F)CCCCC2)C1. The van der Waals surface area contributed by atoms with E-state index < -0.39 is 29.1 Å². The Morgan fingerprint density at radius 1 is 1.08 bits per heavy atom. The van der Waals surface area contributed by atoms with E-state index in [0.717, 1.165) is 25.3 Å². The van der Waals surface area contributed by atoms with Gasteiger partial charge in [-0.25, -0.2) is 8.78 Å². The summed E-state index contributed by atoms with van der Waals surface area (Å²) < 4.78 is 27.7. The fourth-order valence-electron chi connectivity index (χ4n) is 4.28. The van der Waals surface area contributed by atoms with Crippen molar-refractivity contribution in [2.24, 2.45) is 11.8 Å². The molecule has 136 valence electrons. The average molecular weight is 351 g/mol. The number of nitrogens with one attached hydrogen (secondary N) is 1. The zero-order chi connectivity index (χ0) is 18.0. The Morgan fingerprint density at radius 3 is 2.36 bits per heavy atom. The van der Waals surface area contributed by atoms with Gasteiger partial charge in [-0.1, -0.05) is 25.3 Å². The molecule has 4 nitrogen and oxygen atoms in total. The molecule has 2 aliphatic carbocycles. The van der Waals surface area contributed by atoms with Crippen LogP contribution in [0, 0.1) is 23.5 Å². The van der Waals surface area contributed by atoms with Gasteiger partial charge in [0.05, 0.1) is 11.5 Å². The maximum absolute atomic E-state index is 14.4. The van der Waals surface area contributed by atoms with Crippen LogP contribution in [0.5, 0.6) is 0 Å². The van der Waals surface area contributed by atoms with Crippen molar-refractivity contribution >= 4 is 11.9 Å². The van der Waals surface area contributed by atoms with Gasteiger partial charge in [-0.15, -0.1) is 0 Å². The van der Waals surface area contributed by atoms with Crippen molar-refractivity contribution in [3.05, 3.63) is 35.4 Å². The van der Waals surface area contributed by atoms with Crippen LogP contribution in [0.2, 0.25) is 0 Å². The van der Waals surface area contributed by atoms with E-state index in [4.69, 9.17) is 5.11 Å². The minimum Gasteiger partial charge on any atom is -0.481 e. The second-order valence-electron chi connectivity index (χ2n) is 7.30. The van der Waals surface area contributed by atoms with Gasteiger partial charge in [0.1, 0.15) is 11.6 Å². The topological polar surface area (TPSA) is 66.4 Å².